The van der Waals surface area contributed by atoms with Crippen LogP contribution in [0, 0.1) is 13.8 Å². The van der Waals surface area contributed by atoms with Crippen molar-refractivity contribution in [3.8, 4) is 5.75 Å². The van der Waals surface area contributed by atoms with Gasteiger partial charge in [0.2, 0.25) is 15.9 Å². The highest BCUT2D eigenvalue weighted by Crippen LogP contribution is 2.28. The average molecular weight is 487 g/mol. The van der Waals surface area contributed by atoms with Crippen molar-refractivity contribution in [3.05, 3.63) is 88.4 Å². The summed E-state index contributed by atoms with van der Waals surface area (Å²) < 4.78 is 33.3. The van der Waals surface area contributed by atoms with Crippen molar-refractivity contribution < 1.29 is 17.9 Å². The van der Waals surface area contributed by atoms with Gasteiger partial charge in [0.15, 0.2) is 0 Å². The molecule has 3 aromatic rings. The third-order valence-corrected chi connectivity index (χ3v) is 7.46. The maximum absolute atomic E-state index is 13.5. The van der Waals surface area contributed by atoms with Crippen molar-refractivity contribution in [3.63, 3.8) is 0 Å². The molecular formula is C25H27ClN2O4S. The summed E-state index contributed by atoms with van der Waals surface area (Å²) in [6, 6.07) is 19.5. The number of rotatable bonds is 9. The maximum Gasteiger partial charge on any atom is 0.243 e. The van der Waals surface area contributed by atoms with Gasteiger partial charge in [-0.2, -0.15) is 4.31 Å². The van der Waals surface area contributed by atoms with Gasteiger partial charge in [-0.25, -0.2) is 8.42 Å². The molecule has 1 N–H and O–H groups in total. The first-order valence-corrected chi connectivity index (χ1v) is 12.3. The van der Waals surface area contributed by atoms with Crippen LogP contribution in [0.25, 0.3) is 0 Å². The first kappa shape index (κ1) is 24.8. The van der Waals surface area contributed by atoms with E-state index in [1.54, 1.807) is 0 Å². The summed E-state index contributed by atoms with van der Waals surface area (Å²) in [5.74, 6) is -0.0390. The molecule has 0 bridgehead atoms. The number of hydrogen-bond donors (Lipinski definition) is 1. The van der Waals surface area contributed by atoms with E-state index in [9.17, 15) is 13.2 Å². The lowest BCUT2D eigenvalue weighted by molar-refractivity contribution is -0.116. The number of carbonyl (C=O) groups is 1. The zero-order valence-electron chi connectivity index (χ0n) is 18.8. The maximum atomic E-state index is 13.5. The van der Waals surface area contributed by atoms with Crippen LogP contribution in [-0.2, 0) is 21.2 Å². The van der Waals surface area contributed by atoms with Gasteiger partial charge < -0.3 is 10.1 Å². The van der Waals surface area contributed by atoms with Crippen LogP contribution < -0.4 is 10.1 Å². The Morgan fingerprint density at radius 2 is 1.67 bits per heavy atom. The van der Waals surface area contributed by atoms with Crippen LogP contribution in [0.5, 0.6) is 5.75 Å². The van der Waals surface area contributed by atoms with Gasteiger partial charge in [0.05, 0.1) is 23.6 Å². The summed E-state index contributed by atoms with van der Waals surface area (Å²) >= 11 is 6.17. The number of sulfonamides is 1. The van der Waals surface area contributed by atoms with E-state index in [0.717, 1.165) is 16.7 Å². The number of amides is 1. The van der Waals surface area contributed by atoms with Gasteiger partial charge in [-0.3, -0.25) is 4.79 Å². The molecule has 0 spiro atoms. The lowest BCUT2D eigenvalue weighted by atomic mass is 10.1. The smallest absolute Gasteiger partial charge is 0.243 e. The van der Waals surface area contributed by atoms with Crippen molar-refractivity contribution in [1.29, 1.82) is 0 Å². The van der Waals surface area contributed by atoms with Crippen LogP contribution in [0.3, 0.4) is 0 Å². The fourth-order valence-corrected chi connectivity index (χ4v) is 5.24. The molecule has 1 amide bonds. The highest BCUT2D eigenvalue weighted by atomic mass is 35.5. The van der Waals surface area contributed by atoms with Crippen molar-refractivity contribution >= 4 is 33.2 Å². The molecule has 3 aromatic carbocycles. The molecule has 6 nitrogen and oxygen atoms in total. The number of ether oxygens (including phenoxy) is 1. The monoisotopic (exact) mass is 486 g/mol. The normalized spacial score (nSPS) is 11.4. The number of aryl methyl sites for hydroxylation is 2. The predicted octanol–water partition coefficient (Wildman–Crippen LogP) is 4.84. The van der Waals surface area contributed by atoms with Crippen LogP contribution in [0.15, 0.2) is 71.6 Å². The summed E-state index contributed by atoms with van der Waals surface area (Å²) in [5, 5.41) is 3.05. The van der Waals surface area contributed by atoms with Gasteiger partial charge in [0.1, 0.15) is 5.75 Å². The fraction of sp³-hybridized carbons (Fsp3) is 0.240. The van der Waals surface area contributed by atoms with Gasteiger partial charge in [-0.1, -0.05) is 60.1 Å². The standard InChI is InChI=1S/C25H27ClN2O4S/c1-18-8-7-9-19(2)25(18)27-24(29)17-28(15-14-20-10-5-4-6-11-20)33(30,31)21-12-13-23(32-3)22(26)16-21/h4-13,16H,14-15,17H2,1-3H3,(H,27,29). The fourth-order valence-electron chi connectivity index (χ4n) is 3.49. The predicted molar refractivity (Wildman–Crippen MR) is 131 cm³/mol. The average Bonchev–Trinajstić information content (AvgIpc) is 2.79. The van der Waals surface area contributed by atoms with E-state index in [4.69, 9.17) is 16.3 Å². The Morgan fingerprint density at radius 3 is 2.27 bits per heavy atom. The van der Waals surface area contributed by atoms with Gasteiger partial charge in [-0.15, -0.1) is 0 Å². The lowest BCUT2D eigenvalue weighted by Gasteiger charge is -2.23. The van der Waals surface area contributed by atoms with Crippen molar-refractivity contribution in [1.82, 2.24) is 4.31 Å². The summed E-state index contributed by atoms with van der Waals surface area (Å²) in [7, 11) is -2.54. The zero-order valence-corrected chi connectivity index (χ0v) is 20.4. The SMILES string of the molecule is COc1ccc(S(=O)(=O)N(CCc2ccccc2)CC(=O)Nc2c(C)cccc2C)cc1Cl. The van der Waals surface area contributed by atoms with Gasteiger partial charge >= 0.3 is 0 Å². The minimum Gasteiger partial charge on any atom is -0.495 e. The topological polar surface area (TPSA) is 75.7 Å². The van der Waals surface area contributed by atoms with E-state index in [-0.39, 0.29) is 23.0 Å². The van der Waals surface area contributed by atoms with Crippen LogP contribution in [0.2, 0.25) is 5.02 Å². The largest absolute Gasteiger partial charge is 0.495 e. The number of carbonyl (C=O) groups excluding carboxylic acids is 1. The van der Waals surface area contributed by atoms with Crippen molar-refractivity contribution in [2.75, 3.05) is 25.5 Å². The minimum absolute atomic E-state index is 0.00114. The Hall–Kier alpha value is -2.87. The summed E-state index contributed by atoms with van der Waals surface area (Å²) in [6.45, 7) is 3.60. The van der Waals surface area contributed by atoms with Crippen molar-refractivity contribution in [2.45, 2.75) is 25.2 Å². The number of hydrogen-bond acceptors (Lipinski definition) is 4. The minimum atomic E-state index is -3.99. The quantitative estimate of drug-likeness (QED) is 0.469. The van der Waals surface area contributed by atoms with Crippen LogP contribution in [0.4, 0.5) is 5.69 Å². The second-order valence-electron chi connectivity index (χ2n) is 7.69. The number of benzene rings is 3. The molecule has 0 atom stereocenters. The van der Waals surface area contributed by atoms with E-state index < -0.39 is 15.9 Å². The van der Waals surface area contributed by atoms with E-state index in [2.05, 4.69) is 5.32 Å². The molecule has 174 valence electrons. The third kappa shape index (κ3) is 6.13. The molecule has 0 fully saturated rings. The van der Waals surface area contributed by atoms with E-state index in [1.807, 2.05) is 62.4 Å². The molecule has 0 aromatic heterocycles. The molecule has 0 radical (unpaired) electrons. The highest BCUT2D eigenvalue weighted by molar-refractivity contribution is 7.89. The number of anilines is 1. The van der Waals surface area contributed by atoms with E-state index >= 15 is 0 Å². The molecular weight excluding hydrogens is 460 g/mol. The second-order valence-corrected chi connectivity index (χ2v) is 10.0. The summed E-state index contributed by atoms with van der Waals surface area (Å²) in [5.41, 5.74) is 3.48. The number of methoxy groups -OCH3 is 1. The first-order chi connectivity index (χ1) is 15.7. The van der Waals surface area contributed by atoms with E-state index in [0.29, 0.717) is 17.9 Å². The molecule has 33 heavy (non-hydrogen) atoms. The van der Waals surface area contributed by atoms with Gasteiger partial charge in [0.25, 0.3) is 0 Å². The molecule has 0 aliphatic rings. The lowest BCUT2D eigenvalue weighted by Crippen LogP contribution is -2.39. The number of nitrogens with one attached hydrogen (secondary N) is 1. The molecule has 8 heteroatoms. The Balaban J connectivity index is 1.88. The molecule has 0 aliphatic heterocycles. The summed E-state index contributed by atoms with van der Waals surface area (Å²) in [4.78, 5) is 12.9. The van der Waals surface area contributed by atoms with Crippen LogP contribution >= 0.6 is 11.6 Å². The number of nitrogens with zero attached hydrogens (tertiary/aromatic N) is 1. The third-order valence-electron chi connectivity index (χ3n) is 5.32. The Kier molecular flexibility index (Phi) is 8.13. The Bertz CT molecular complexity index is 1210. The van der Waals surface area contributed by atoms with Crippen LogP contribution in [0.1, 0.15) is 16.7 Å². The Labute approximate surface area is 200 Å². The number of para-hydroxylation sites is 1. The van der Waals surface area contributed by atoms with Gasteiger partial charge in [0, 0.05) is 12.2 Å². The first-order valence-electron chi connectivity index (χ1n) is 10.5. The molecule has 0 saturated carbocycles. The highest BCUT2D eigenvalue weighted by Gasteiger charge is 2.27. The van der Waals surface area contributed by atoms with Crippen molar-refractivity contribution in [2.24, 2.45) is 0 Å². The molecule has 0 aliphatic carbocycles. The molecule has 3 rings (SSSR count). The van der Waals surface area contributed by atoms with Crippen LogP contribution in [-0.4, -0.2) is 38.8 Å². The zero-order chi connectivity index (χ0) is 24.0. The molecule has 0 unspecified atom stereocenters. The molecule has 0 saturated heterocycles. The second kappa shape index (κ2) is 10.8. The summed E-state index contributed by atoms with van der Waals surface area (Å²) in [6.07, 6.45) is 0.459. The number of halogens is 1. The van der Waals surface area contributed by atoms with Gasteiger partial charge in [-0.05, 0) is 55.2 Å². The van der Waals surface area contributed by atoms with E-state index in [1.165, 1.54) is 29.6 Å². The Morgan fingerprint density at radius 1 is 1.00 bits per heavy atom. The molecule has 0 heterocycles.